The Kier molecular flexibility index (Phi) is 4.88. The molecule has 0 saturated carbocycles. The van der Waals surface area contributed by atoms with E-state index in [1.54, 1.807) is 7.11 Å². The molecule has 0 saturated heterocycles. The molecule has 0 amide bonds. The molecule has 0 aliphatic carbocycles. The van der Waals surface area contributed by atoms with Crippen LogP contribution in [0.15, 0.2) is 60.8 Å². The van der Waals surface area contributed by atoms with E-state index >= 15 is 0 Å². The lowest BCUT2D eigenvalue weighted by Crippen LogP contribution is -2.18. The maximum atomic E-state index is 5.08. The highest BCUT2D eigenvalue weighted by molar-refractivity contribution is 5.84. The summed E-state index contributed by atoms with van der Waals surface area (Å²) in [4.78, 5) is 0. The van der Waals surface area contributed by atoms with Gasteiger partial charge in [0.05, 0.1) is 6.61 Å². The van der Waals surface area contributed by atoms with E-state index < -0.39 is 0 Å². The lowest BCUT2D eigenvalue weighted by Gasteiger charge is -2.05. The largest absolute Gasteiger partial charge is 0.383 e. The van der Waals surface area contributed by atoms with Crippen LogP contribution in [-0.2, 0) is 17.8 Å². The third kappa shape index (κ3) is 3.38. The summed E-state index contributed by atoms with van der Waals surface area (Å²) in [5, 5.41) is 4.76. The predicted octanol–water partition coefficient (Wildman–Crippen LogP) is 3.43. The number of aromatic nitrogens is 1. The molecule has 0 aliphatic rings. The number of rotatable bonds is 7. The van der Waals surface area contributed by atoms with Crippen molar-refractivity contribution in [3.05, 3.63) is 71.9 Å². The predicted molar refractivity (Wildman–Crippen MR) is 91.1 cm³/mol. The molecule has 0 fully saturated rings. The Bertz CT molecular complexity index is 719. The average molecular weight is 294 g/mol. The van der Waals surface area contributed by atoms with Crippen molar-refractivity contribution in [3.8, 4) is 0 Å². The summed E-state index contributed by atoms with van der Waals surface area (Å²) in [6.07, 6.45) is 2.26. The van der Waals surface area contributed by atoms with Crippen LogP contribution in [0.4, 0.5) is 0 Å². The van der Waals surface area contributed by atoms with Crippen LogP contribution in [0.25, 0.3) is 10.9 Å². The Morgan fingerprint density at radius 2 is 1.77 bits per heavy atom. The number of ether oxygens (including phenoxy) is 1. The van der Waals surface area contributed by atoms with Gasteiger partial charge in [0, 0.05) is 43.8 Å². The quantitative estimate of drug-likeness (QED) is 0.676. The number of hydrogen-bond acceptors (Lipinski definition) is 2. The van der Waals surface area contributed by atoms with E-state index in [2.05, 4.69) is 70.7 Å². The van der Waals surface area contributed by atoms with Crippen LogP contribution in [-0.4, -0.2) is 24.8 Å². The average Bonchev–Trinajstić information content (AvgIpc) is 2.91. The summed E-state index contributed by atoms with van der Waals surface area (Å²) in [7, 11) is 1.73. The molecule has 2 aromatic carbocycles. The van der Waals surface area contributed by atoms with Crippen LogP contribution in [0.1, 0.15) is 11.1 Å². The molecule has 1 aromatic heterocycles. The number of nitrogens with zero attached hydrogens (tertiary/aromatic N) is 1. The molecule has 0 aliphatic heterocycles. The fourth-order valence-electron chi connectivity index (χ4n) is 2.77. The van der Waals surface area contributed by atoms with Crippen LogP contribution >= 0.6 is 0 Å². The van der Waals surface area contributed by atoms with Crippen molar-refractivity contribution in [3.63, 3.8) is 0 Å². The third-order valence-electron chi connectivity index (χ3n) is 3.87. The van der Waals surface area contributed by atoms with Gasteiger partial charge < -0.3 is 14.6 Å². The van der Waals surface area contributed by atoms with Crippen LogP contribution in [0.3, 0.4) is 0 Å². The molecule has 0 spiro atoms. The Balaban J connectivity index is 1.84. The van der Waals surface area contributed by atoms with Crippen molar-refractivity contribution in [1.29, 1.82) is 0 Å². The molecule has 0 atom stereocenters. The van der Waals surface area contributed by atoms with E-state index in [-0.39, 0.29) is 0 Å². The third-order valence-corrected chi connectivity index (χ3v) is 3.87. The Morgan fingerprint density at radius 1 is 1.00 bits per heavy atom. The number of hydrogen-bond donors (Lipinski definition) is 1. The van der Waals surface area contributed by atoms with Crippen LogP contribution in [0.5, 0.6) is 0 Å². The minimum Gasteiger partial charge on any atom is -0.383 e. The van der Waals surface area contributed by atoms with E-state index in [1.807, 2.05) is 0 Å². The summed E-state index contributed by atoms with van der Waals surface area (Å²) in [6, 6.07) is 19.2. The molecule has 3 rings (SSSR count). The molecule has 3 heteroatoms. The minimum atomic E-state index is 0.739. The zero-order chi connectivity index (χ0) is 15.2. The second-order valence-electron chi connectivity index (χ2n) is 5.45. The first-order chi connectivity index (χ1) is 10.9. The summed E-state index contributed by atoms with van der Waals surface area (Å²) >= 11 is 0. The highest BCUT2D eigenvalue weighted by Gasteiger charge is 2.08. The van der Waals surface area contributed by atoms with Crippen molar-refractivity contribution >= 4 is 10.9 Å². The van der Waals surface area contributed by atoms with Crippen molar-refractivity contribution in [1.82, 2.24) is 9.88 Å². The van der Waals surface area contributed by atoms with Crippen molar-refractivity contribution < 1.29 is 4.74 Å². The van der Waals surface area contributed by atoms with Crippen molar-refractivity contribution in [2.24, 2.45) is 0 Å². The van der Waals surface area contributed by atoms with Gasteiger partial charge in [-0.1, -0.05) is 48.5 Å². The highest BCUT2D eigenvalue weighted by Crippen LogP contribution is 2.22. The van der Waals surface area contributed by atoms with Gasteiger partial charge in [-0.2, -0.15) is 0 Å². The Labute approximate surface area is 131 Å². The van der Waals surface area contributed by atoms with Gasteiger partial charge in [-0.05, 0) is 17.2 Å². The van der Waals surface area contributed by atoms with Gasteiger partial charge >= 0.3 is 0 Å². The van der Waals surface area contributed by atoms with Gasteiger partial charge in [0.2, 0.25) is 0 Å². The lowest BCUT2D eigenvalue weighted by molar-refractivity contribution is 0.199. The van der Waals surface area contributed by atoms with Crippen LogP contribution < -0.4 is 5.32 Å². The van der Waals surface area contributed by atoms with Gasteiger partial charge in [-0.25, -0.2) is 0 Å². The number of methoxy groups -OCH3 is 1. The maximum absolute atomic E-state index is 5.08. The van der Waals surface area contributed by atoms with E-state index in [0.29, 0.717) is 0 Å². The number of fused-ring (bicyclic) bond motifs is 1. The Hall–Kier alpha value is -2.10. The second-order valence-corrected chi connectivity index (χ2v) is 5.45. The van der Waals surface area contributed by atoms with E-state index in [4.69, 9.17) is 4.74 Å². The molecule has 1 heterocycles. The first-order valence-corrected chi connectivity index (χ1v) is 7.69. The molecule has 22 heavy (non-hydrogen) atoms. The topological polar surface area (TPSA) is 26.2 Å². The van der Waals surface area contributed by atoms with E-state index in [9.17, 15) is 0 Å². The molecule has 1 N–H and O–H groups in total. The smallest absolute Gasteiger partial charge is 0.0587 e. The molecular weight excluding hydrogens is 272 g/mol. The zero-order valence-electron chi connectivity index (χ0n) is 13.0. The monoisotopic (exact) mass is 294 g/mol. The summed E-state index contributed by atoms with van der Waals surface area (Å²) in [5.74, 6) is 0. The Morgan fingerprint density at radius 3 is 2.59 bits per heavy atom. The maximum Gasteiger partial charge on any atom is 0.0587 e. The van der Waals surface area contributed by atoms with Crippen LogP contribution in [0, 0.1) is 0 Å². The first-order valence-electron chi connectivity index (χ1n) is 7.69. The SMILES string of the molecule is COCCNCc1cn(Cc2ccccc2)c2ccccc12. The lowest BCUT2D eigenvalue weighted by atomic mass is 10.2. The van der Waals surface area contributed by atoms with Gasteiger partial charge in [0.25, 0.3) is 0 Å². The molecule has 0 unspecified atom stereocenters. The van der Waals surface area contributed by atoms with E-state index in [1.165, 1.54) is 22.0 Å². The molecule has 0 radical (unpaired) electrons. The number of benzene rings is 2. The summed E-state index contributed by atoms with van der Waals surface area (Å²) in [5.41, 5.74) is 3.94. The fourth-order valence-corrected chi connectivity index (χ4v) is 2.77. The van der Waals surface area contributed by atoms with E-state index in [0.717, 1.165) is 26.2 Å². The van der Waals surface area contributed by atoms with Gasteiger partial charge in [0.15, 0.2) is 0 Å². The standard InChI is InChI=1S/C19H22N2O/c1-22-12-11-20-13-17-15-21(14-16-7-3-2-4-8-16)19-10-6-5-9-18(17)19/h2-10,15,20H,11-14H2,1H3. The van der Waals surface area contributed by atoms with Gasteiger partial charge in [-0.3, -0.25) is 0 Å². The summed E-state index contributed by atoms with van der Waals surface area (Å²) in [6.45, 7) is 3.38. The summed E-state index contributed by atoms with van der Waals surface area (Å²) < 4.78 is 7.42. The zero-order valence-corrected chi connectivity index (χ0v) is 13.0. The van der Waals surface area contributed by atoms with Gasteiger partial charge in [-0.15, -0.1) is 0 Å². The first kappa shape index (κ1) is 14.8. The molecule has 0 bridgehead atoms. The molecule has 3 nitrogen and oxygen atoms in total. The molecule has 114 valence electrons. The van der Waals surface area contributed by atoms with Gasteiger partial charge in [0.1, 0.15) is 0 Å². The number of nitrogens with one attached hydrogen (secondary N) is 1. The van der Waals surface area contributed by atoms with Crippen LogP contribution in [0.2, 0.25) is 0 Å². The normalized spacial score (nSPS) is 11.1. The fraction of sp³-hybridized carbons (Fsp3) is 0.263. The highest BCUT2D eigenvalue weighted by atomic mass is 16.5. The molecule has 3 aromatic rings. The second kappa shape index (κ2) is 7.25. The van der Waals surface area contributed by atoms with Crippen molar-refractivity contribution in [2.45, 2.75) is 13.1 Å². The number of para-hydroxylation sites is 1. The minimum absolute atomic E-state index is 0.739. The molecular formula is C19H22N2O. The van der Waals surface area contributed by atoms with Crippen molar-refractivity contribution in [2.75, 3.05) is 20.3 Å².